The number of nitrogens with zero attached hydrogens (tertiary/aromatic N) is 3. The second-order valence-electron chi connectivity index (χ2n) is 5.61. The lowest BCUT2D eigenvalue weighted by Gasteiger charge is -2.09. The van der Waals surface area contributed by atoms with E-state index in [4.69, 9.17) is 4.74 Å². The third-order valence-corrected chi connectivity index (χ3v) is 5.74. The van der Waals surface area contributed by atoms with Crippen LogP contribution in [0.2, 0.25) is 0 Å². The van der Waals surface area contributed by atoms with E-state index in [2.05, 4.69) is 15.4 Å². The number of ether oxygens (including phenoxy) is 1. The van der Waals surface area contributed by atoms with Crippen LogP contribution < -0.4 is 10.1 Å². The van der Waals surface area contributed by atoms with Gasteiger partial charge in [-0.1, -0.05) is 30.0 Å². The van der Waals surface area contributed by atoms with Gasteiger partial charge in [0.15, 0.2) is 0 Å². The predicted molar refractivity (Wildman–Crippen MR) is 109 cm³/mol. The van der Waals surface area contributed by atoms with Crippen molar-refractivity contribution in [2.45, 2.75) is 5.03 Å². The number of aromatic nitrogens is 3. The lowest BCUT2D eigenvalue weighted by Crippen LogP contribution is -2.14. The smallest absolute Gasteiger partial charge is 0.234 e. The number of methoxy groups -OCH3 is 1. The van der Waals surface area contributed by atoms with E-state index in [1.165, 1.54) is 11.8 Å². The monoisotopic (exact) mass is 396 g/mol. The summed E-state index contributed by atoms with van der Waals surface area (Å²) in [5, 5.41) is 10.3. The molecular weight excluding hydrogens is 380 g/mol. The molecule has 3 aromatic heterocycles. The van der Waals surface area contributed by atoms with Crippen LogP contribution in [0.25, 0.3) is 16.1 Å². The standard InChI is InChI=1S/C19H16N4O2S2/c1-25-16-6-3-2-5-13(16)21-18(24)12-27-19-15-11-14(17-7-4-10-26-17)22-23(15)9-8-20-19/h2-11H,12H2,1H3,(H,21,24). The van der Waals surface area contributed by atoms with E-state index in [0.717, 1.165) is 21.1 Å². The summed E-state index contributed by atoms with van der Waals surface area (Å²) in [5.41, 5.74) is 2.44. The van der Waals surface area contributed by atoms with E-state index in [9.17, 15) is 4.79 Å². The quantitative estimate of drug-likeness (QED) is 0.495. The minimum atomic E-state index is -0.119. The van der Waals surface area contributed by atoms with Gasteiger partial charge >= 0.3 is 0 Å². The second kappa shape index (κ2) is 7.81. The highest BCUT2D eigenvalue weighted by atomic mass is 32.2. The van der Waals surface area contributed by atoms with Gasteiger partial charge in [-0.15, -0.1) is 11.3 Å². The van der Waals surface area contributed by atoms with Gasteiger partial charge in [0, 0.05) is 12.4 Å². The van der Waals surface area contributed by atoms with Crippen molar-refractivity contribution in [3.63, 3.8) is 0 Å². The Hall–Kier alpha value is -2.84. The Morgan fingerprint density at radius 2 is 2.19 bits per heavy atom. The van der Waals surface area contributed by atoms with E-state index in [1.54, 1.807) is 29.2 Å². The average molecular weight is 396 g/mol. The Bertz CT molecular complexity index is 1080. The molecule has 0 aliphatic rings. The molecule has 0 aliphatic heterocycles. The van der Waals surface area contributed by atoms with Gasteiger partial charge in [-0.3, -0.25) is 4.79 Å². The number of fused-ring (bicyclic) bond motifs is 1. The van der Waals surface area contributed by atoms with Gasteiger partial charge < -0.3 is 10.1 Å². The summed E-state index contributed by atoms with van der Waals surface area (Å²) in [6.07, 6.45) is 3.50. The Labute approximate surface area is 164 Å². The molecule has 0 fully saturated rings. The highest BCUT2D eigenvalue weighted by Crippen LogP contribution is 2.29. The molecule has 4 rings (SSSR count). The van der Waals surface area contributed by atoms with Crippen LogP contribution in [0.15, 0.2) is 65.3 Å². The molecule has 0 aliphatic carbocycles. The van der Waals surface area contributed by atoms with Gasteiger partial charge in [-0.05, 0) is 29.6 Å². The van der Waals surface area contributed by atoms with Crippen molar-refractivity contribution < 1.29 is 9.53 Å². The molecule has 1 aromatic carbocycles. The topological polar surface area (TPSA) is 68.5 Å². The van der Waals surface area contributed by atoms with Crippen LogP contribution in [-0.2, 0) is 4.79 Å². The number of rotatable bonds is 6. The van der Waals surface area contributed by atoms with Gasteiger partial charge in [0.05, 0.1) is 28.9 Å². The van der Waals surface area contributed by atoms with Gasteiger partial charge in [0.25, 0.3) is 0 Å². The lowest BCUT2D eigenvalue weighted by atomic mass is 10.3. The summed E-state index contributed by atoms with van der Waals surface area (Å²) in [6, 6.07) is 13.4. The first-order chi connectivity index (χ1) is 13.2. The third kappa shape index (κ3) is 3.81. The van der Waals surface area contributed by atoms with Crippen molar-refractivity contribution in [1.29, 1.82) is 0 Å². The normalized spacial score (nSPS) is 10.9. The molecule has 136 valence electrons. The maximum atomic E-state index is 12.3. The second-order valence-corrected chi connectivity index (χ2v) is 7.52. The summed E-state index contributed by atoms with van der Waals surface area (Å²) in [7, 11) is 1.58. The van der Waals surface area contributed by atoms with Crippen LogP contribution in [0, 0.1) is 0 Å². The Morgan fingerprint density at radius 3 is 3.00 bits per heavy atom. The van der Waals surface area contributed by atoms with Crippen molar-refractivity contribution in [3.8, 4) is 16.3 Å². The number of amides is 1. The molecule has 6 nitrogen and oxygen atoms in total. The lowest BCUT2D eigenvalue weighted by molar-refractivity contribution is -0.113. The van der Waals surface area contributed by atoms with E-state index >= 15 is 0 Å². The number of carbonyl (C=O) groups excluding carboxylic acids is 1. The van der Waals surface area contributed by atoms with E-state index in [1.807, 2.05) is 54.0 Å². The van der Waals surface area contributed by atoms with Crippen molar-refractivity contribution in [2.75, 3.05) is 18.2 Å². The van der Waals surface area contributed by atoms with Crippen LogP contribution in [0.3, 0.4) is 0 Å². The molecular formula is C19H16N4O2S2. The maximum Gasteiger partial charge on any atom is 0.234 e. The Morgan fingerprint density at radius 1 is 1.30 bits per heavy atom. The molecule has 0 saturated carbocycles. The number of thiophene rings is 1. The van der Waals surface area contributed by atoms with Crippen LogP contribution in [0.1, 0.15) is 0 Å². The van der Waals surface area contributed by atoms with Crippen molar-refractivity contribution in [1.82, 2.24) is 14.6 Å². The van der Waals surface area contributed by atoms with Crippen LogP contribution in [-0.4, -0.2) is 33.4 Å². The predicted octanol–water partition coefficient (Wildman–Crippen LogP) is 4.20. The SMILES string of the molecule is COc1ccccc1NC(=O)CSc1nccn2nc(-c3cccs3)cc12. The molecule has 8 heteroatoms. The summed E-state index contributed by atoms with van der Waals surface area (Å²) in [6.45, 7) is 0. The fourth-order valence-electron chi connectivity index (χ4n) is 2.62. The molecule has 0 atom stereocenters. The number of hydrogen-bond donors (Lipinski definition) is 1. The van der Waals surface area contributed by atoms with Gasteiger partial charge in [-0.2, -0.15) is 5.10 Å². The fourth-order valence-corrected chi connectivity index (χ4v) is 4.08. The summed E-state index contributed by atoms with van der Waals surface area (Å²) >= 11 is 3.02. The molecule has 27 heavy (non-hydrogen) atoms. The van der Waals surface area contributed by atoms with Gasteiger partial charge in [0.2, 0.25) is 5.91 Å². The first-order valence-corrected chi connectivity index (χ1v) is 10.0. The molecule has 1 N–H and O–H groups in total. The summed E-state index contributed by atoms with van der Waals surface area (Å²) in [4.78, 5) is 17.9. The van der Waals surface area contributed by atoms with Crippen molar-refractivity contribution >= 4 is 40.2 Å². The molecule has 0 radical (unpaired) electrons. The van der Waals surface area contributed by atoms with Crippen LogP contribution in [0.4, 0.5) is 5.69 Å². The Balaban J connectivity index is 1.49. The van der Waals surface area contributed by atoms with Crippen molar-refractivity contribution in [3.05, 3.63) is 60.2 Å². The summed E-state index contributed by atoms with van der Waals surface area (Å²) < 4.78 is 7.05. The molecule has 1 amide bonds. The first kappa shape index (κ1) is 17.6. The zero-order valence-electron chi connectivity index (χ0n) is 14.5. The zero-order chi connectivity index (χ0) is 18.6. The highest BCUT2D eigenvalue weighted by Gasteiger charge is 2.13. The Kier molecular flexibility index (Phi) is 5.08. The fraction of sp³-hybridized carbons (Fsp3) is 0.105. The largest absolute Gasteiger partial charge is 0.495 e. The first-order valence-electron chi connectivity index (χ1n) is 8.18. The zero-order valence-corrected chi connectivity index (χ0v) is 16.1. The molecule has 0 unspecified atom stereocenters. The molecule has 0 bridgehead atoms. The van der Waals surface area contributed by atoms with E-state index < -0.39 is 0 Å². The molecule has 0 saturated heterocycles. The van der Waals surface area contributed by atoms with E-state index in [-0.39, 0.29) is 11.7 Å². The molecule has 4 aromatic rings. The minimum absolute atomic E-state index is 0.119. The van der Waals surface area contributed by atoms with Crippen molar-refractivity contribution in [2.24, 2.45) is 0 Å². The number of anilines is 1. The number of hydrogen-bond acceptors (Lipinski definition) is 6. The number of para-hydroxylation sites is 2. The average Bonchev–Trinajstić information content (AvgIpc) is 3.36. The number of nitrogens with one attached hydrogen (secondary N) is 1. The number of benzene rings is 1. The highest BCUT2D eigenvalue weighted by molar-refractivity contribution is 8.00. The van der Waals surface area contributed by atoms with Crippen LogP contribution >= 0.6 is 23.1 Å². The third-order valence-electron chi connectivity index (χ3n) is 3.85. The summed E-state index contributed by atoms with van der Waals surface area (Å²) in [5.74, 6) is 0.753. The molecule has 0 spiro atoms. The minimum Gasteiger partial charge on any atom is -0.495 e. The number of carbonyl (C=O) groups is 1. The maximum absolute atomic E-state index is 12.3. The van der Waals surface area contributed by atoms with Crippen LogP contribution in [0.5, 0.6) is 5.75 Å². The van der Waals surface area contributed by atoms with Gasteiger partial charge in [-0.25, -0.2) is 9.50 Å². The van der Waals surface area contributed by atoms with Gasteiger partial charge in [0.1, 0.15) is 16.5 Å². The number of thioether (sulfide) groups is 1. The molecule has 3 heterocycles. The van der Waals surface area contributed by atoms with E-state index in [0.29, 0.717) is 11.4 Å².